The minimum atomic E-state index is -0.00600. The topological polar surface area (TPSA) is 34.0 Å². The quantitative estimate of drug-likeness (QED) is 0.908. The lowest BCUT2D eigenvalue weighted by Crippen LogP contribution is -2.27. The predicted octanol–water partition coefficient (Wildman–Crippen LogP) is 3.76. The maximum absolute atomic E-state index is 12.3. The molecule has 0 spiro atoms. The van der Waals surface area contributed by atoms with E-state index in [-0.39, 0.29) is 5.91 Å². The van der Waals surface area contributed by atoms with Gasteiger partial charge in [0.1, 0.15) is 5.69 Å². The molecule has 3 nitrogen and oxygen atoms in total. The molecular weight excluding hydrogens is 260 g/mol. The molecule has 0 bridgehead atoms. The maximum Gasteiger partial charge on any atom is 0.268 e. The summed E-state index contributed by atoms with van der Waals surface area (Å²) in [5, 5.41) is 4.70. The zero-order valence-electron chi connectivity index (χ0n) is 11.6. The molecule has 1 heterocycles. The first kappa shape index (κ1) is 13.9. The second-order valence-corrected chi connectivity index (χ2v) is 5.07. The van der Waals surface area contributed by atoms with E-state index >= 15 is 0 Å². The summed E-state index contributed by atoms with van der Waals surface area (Å²) in [5.41, 5.74) is 2.80. The van der Waals surface area contributed by atoms with Gasteiger partial charge in [-0.15, -0.1) is 0 Å². The van der Waals surface area contributed by atoms with Crippen LogP contribution in [0.1, 0.15) is 36.3 Å². The molecule has 0 radical (unpaired) electrons. The Labute approximate surface area is 118 Å². The van der Waals surface area contributed by atoms with E-state index in [9.17, 15) is 4.79 Å². The fourth-order valence-electron chi connectivity index (χ4n) is 2.44. The minimum Gasteiger partial charge on any atom is -0.351 e. The zero-order chi connectivity index (χ0) is 14.0. The number of aromatic nitrogens is 1. The number of benzene rings is 1. The molecule has 1 amide bonds. The third-order valence-corrected chi connectivity index (χ3v) is 3.58. The highest BCUT2D eigenvalue weighted by Gasteiger charge is 2.19. The van der Waals surface area contributed by atoms with Crippen LogP contribution in [0.3, 0.4) is 0 Å². The molecule has 0 saturated heterocycles. The Hall–Kier alpha value is -1.48. The number of amides is 1. The van der Waals surface area contributed by atoms with Gasteiger partial charge in [-0.2, -0.15) is 0 Å². The smallest absolute Gasteiger partial charge is 0.268 e. The summed E-state index contributed by atoms with van der Waals surface area (Å²) in [4.78, 5) is 12.3. The number of halogens is 1. The van der Waals surface area contributed by atoms with E-state index in [0.29, 0.717) is 11.6 Å². The Morgan fingerprint density at radius 1 is 1.37 bits per heavy atom. The number of nitrogens with zero attached hydrogens (tertiary/aromatic N) is 1. The highest BCUT2D eigenvalue weighted by Crippen LogP contribution is 2.28. The van der Waals surface area contributed by atoms with Gasteiger partial charge in [-0.05, 0) is 44.0 Å². The minimum absolute atomic E-state index is 0.00600. The lowest BCUT2D eigenvalue weighted by molar-refractivity contribution is 0.0944. The Morgan fingerprint density at radius 2 is 2.11 bits per heavy atom. The van der Waals surface area contributed by atoms with Gasteiger partial charge in [-0.25, -0.2) is 0 Å². The number of hydrogen-bond donors (Lipinski definition) is 1. The fourth-order valence-corrected chi connectivity index (χ4v) is 2.61. The van der Waals surface area contributed by atoms with Crippen molar-refractivity contribution in [2.75, 3.05) is 6.54 Å². The summed E-state index contributed by atoms with van der Waals surface area (Å²) >= 11 is 6.05. The van der Waals surface area contributed by atoms with Crippen LogP contribution in [0, 0.1) is 6.92 Å². The largest absolute Gasteiger partial charge is 0.351 e. The number of carbonyl (C=O) groups is 1. The summed E-state index contributed by atoms with van der Waals surface area (Å²) < 4.78 is 2.05. The molecule has 1 N–H and O–H groups in total. The van der Waals surface area contributed by atoms with Crippen molar-refractivity contribution in [1.29, 1.82) is 0 Å². The third-order valence-electron chi connectivity index (χ3n) is 3.35. The summed E-state index contributed by atoms with van der Waals surface area (Å²) in [5.74, 6) is -0.00600. The van der Waals surface area contributed by atoms with Crippen molar-refractivity contribution in [3.63, 3.8) is 0 Å². The summed E-state index contributed by atoms with van der Waals surface area (Å²) in [6, 6.07) is 5.77. The van der Waals surface area contributed by atoms with Crippen LogP contribution in [0.25, 0.3) is 10.9 Å². The highest BCUT2D eigenvalue weighted by atomic mass is 35.5. The van der Waals surface area contributed by atoms with Crippen LogP contribution in [0.4, 0.5) is 0 Å². The summed E-state index contributed by atoms with van der Waals surface area (Å²) in [7, 11) is 0. The van der Waals surface area contributed by atoms with E-state index in [1.807, 2.05) is 43.5 Å². The Morgan fingerprint density at radius 3 is 2.74 bits per heavy atom. The van der Waals surface area contributed by atoms with Crippen LogP contribution >= 0.6 is 11.6 Å². The number of nitrogens with one attached hydrogen (secondary N) is 1. The molecule has 0 saturated carbocycles. The number of rotatable bonds is 4. The SMILES string of the molecule is CCCNC(=O)c1c(C)c2cc(Cl)ccc2n1CC. The van der Waals surface area contributed by atoms with Crippen molar-refractivity contribution in [3.05, 3.63) is 34.5 Å². The van der Waals surface area contributed by atoms with Crippen molar-refractivity contribution in [2.45, 2.75) is 33.7 Å². The van der Waals surface area contributed by atoms with Crippen LogP contribution in [0.5, 0.6) is 0 Å². The van der Waals surface area contributed by atoms with E-state index < -0.39 is 0 Å². The van der Waals surface area contributed by atoms with Crippen LogP contribution < -0.4 is 5.32 Å². The first-order valence-corrected chi connectivity index (χ1v) is 7.04. The molecule has 2 aromatic rings. The Kier molecular flexibility index (Phi) is 4.15. The molecule has 2 rings (SSSR count). The van der Waals surface area contributed by atoms with Gasteiger partial charge in [-0.3, -0.25) is 4.79 Å². The predicted molar refractivity (Wildman–Crippen MR) is 80.0 cm³/mol. The normalized spacial score (nSPS) is 10.9. The monoisotopic (exact) mass is 278 g/mol. The lowest BCUT2D eigenvalue weighted by Gasteiger charge is -2.09. The second-order valence-electron chi connectivity index (χ2n) is 4.64. The molecule has 19 heavy (non-hydrogen) atoms. The van der Waals surface area contributed by atoms with Crippen LogP contribution in [0.2, 0.25) is 5.02 Å². The first-order valence-electron chi connectivity index (χ1n) is 6.66. The van der Waals surface area contributed by atoms with Crippen LogP contribution in [-0.4, -0.2) is 17.0 Å². The number of aryl methyl sites for hydroxylation is 2. The fraction of sp³-hybridized carbons (Fsp3) is 0.400. The molecule has 0 aliphatic rings. The number of hydrogen-bond acceptors (Lipinski definition) is 1. The number of carbonyl (C=O) groups excluding carboxylic acids is 1. The van der Waals surface area contributed by atoms with E-state index in [1.165, 1.54) is 0 Å². The molecule has 0 aliphatic heterocycles. The van der Waals surface area contributed by atoms with Crippen molar-refractivity contribution in [1.82, 2.24) is 9.88 Å². The Balaban J connectivity index is 2.59. The van der Waals surface area contributed by atoms with E-state index in [1.54, 1.807) is 0 Å². The third kappa shape index (κ3) is 2.47. The van der Waals surface area contributed by atoms with Gasteiger partial charge >= 0.3 is 0 Å². The van der Waals surface area contributed by atoms with Crippen molar-refractivity contribution in [3.8, 4) is 0 Å². The molecule has 4 heteroatoms. The van der Waals surface area contributed by atoms with Crippen molar-refractivity contribution < 1.29 is 4.79 Å². The lowest BCUT2D eigenvalue weighted by atomic mass is 10.1. The molecule has 1 aromatic carbocycles. The average molecular weight is 279 g/mol. The van der Waals surface area contributed by atoms with Gasteiger partial charge in [0, 0.05) is 29.0 Å². The van der Waals surface area contributed by atoms with E-state index in [4.69, 9.17) is 11.6 Å². The van der Waals surface area contributed by atoms with Gasteiger partial charge in [0.05, 0.1) is 0 Å². The maximum atomic E-state index is 12.3. The molecule has 102 valence electrons. The van der Waals surface area contributed by atoms with Crippen molar-refractivity contribution >= 4 is 28.4 Å². The standard InChI is InChI=1S/C15H19ClN2O/c1-4-8-17-15(19)14-10(3)12-9-11(16)6-7-13(12)18(14)5-2/h6-7,9H,4-5,8H2,1-3H3,(H,17,19). The van der Waals surface area contributed by atoms with Gasteiger partial charge in [-0.1, -0.05) is 18.5 Å². The van der Waals surface area contributed by atoms with Gasteiger partial charge in [0.15, 0.2) is 0 Å². The highest BCUT2D eigenvalue weighted by molar-refractivity contribution is 6.31. The summed E-state index contributed by atoms with van der Waals surface area (Å²) in [6.07, 6.45) is 0.934. The molecule has 0 unspecified atom stereocenters. The van der Waals surface area contributed by atoms with Gasteiger partial charge in [0.25, 0.3) is 5.91 Å². The van der Waals surface area contributed by atoms with Crippen molar-refractivity contribution in [2.24, 2.45) is 0 Å². The first-order chi connectivity index (χ1) is 9.10. The van der Waals surface area contributed by atoms with Gasteiger partial charge < -0.3 is 9.88 Å². The molecule has 0 atom stereocenters. The van der Waals surface area contributed by atoms with Gasteiger partial charge in [0.2, 0.25) is 0 Å². The van der Waals surface area contributed by atoms with Crippen LogP contribution in [-0.2, 0) is 6.54 Å². The zero-order valence-corrected chi connectivity index (χ0v) is 12.3. The van der Waals surface area contributed by atoms with E-state index in [2.05, 4.69) is 5.32 Å². The molecular formula is C15H19ClN2O. The van der Waals surface area contributed by atoms with Crippen LogP contribution in [0.15, 0.2) is 18.2 Å². The number of fused-ring (bicyclic) bond motifs is 1. The average Bonchev–Trinajstić information content (AvgIpc) is 2.68. The second kappa shape index (κ2) is 5.66. The molecule has 0 fully saturated rings. The Bertz CT molecular complexity index is 616. The molecule has 0 aliphatic carbocycles. The van der Waals surface area contributed by atoms with E-state index in [0.717, 1.165) is 35.1 Å². The molecule has 1 aromatic heterocycles. The summed E-state index contributed by atoms with van der Waals surface area (Å²) in [6.45, 7) is 7.53.